The largest absolute Gasteiger partial charge is 0.488 e. The maximum atomic E-state index is 12.8. The Morgan fingerprint density at radius 3 is 2.77 bits per heavy atom. The van der Waals surface area contributed by atoms with Gasteiger partial charge in [-0.15, -0.1) is 0 Å². The number of ether oxygens (including phenoxy) is 2. The molecule has 0 spiro atoms. The van der Waals surface area contributed by atoms with Crippen molar-refractivity contribution in [2.24, 2.45) is 5.41 Å². The SMILES string of the molecule is CCOC1CC(NC(=O)C2=Cc3cc(Cl)ccc3OC2)(C(=O)O)C1(C)C. The Kier molecular flexibility index (Phi) is 4.75. The average Bonchev–Trinajstić information content (AvgIpc) is 2.59. The van der Waals surface area contributed by atoms with Crippen LogP contribution in [0.1, 0.15) is 32.8 Å². The maximum Gasteiger partial charge on any atom is 0.330 e. The highest BCUT2D eigenvalue weighted by Gasteiger charge is 2.66. The molecular weight excluding hydrogens is 358 g/mol. The van der Waals surface area contributed by atoms with Crippen LogP contribution in [0.3, 0.4) is 0 Å². The van der Waals surface area contributed by atoms with Gasteiger partial charge in [0.15, 0.2) is 0 Å². The van der Waals surface area contributed by atoms with Gasteiger partial charge >= 0.3 is 5.97 Å². The summed E-state index contributed by atoms with van der Waals surface area (Å²) in [5.41, 5.74) is -1.06. The van der Waals surface area contributed by atoms with Gasteiger partial charge in [-0.2, -0.15) is 0 Å². The standard InChI is InChI=1S/C19H22ClNO5/c1-4-25-15-9-19(17(23)24,18(15,2)3)21-16(22)12-7-11-8-13(20)5-6-14(11)26-10-12/h5-8,15H,4,9-10H2,1-3H3,(H,21,22)(H,23,24). The van der Waals surface area contributed by atoms with Gasteiger partial charge < -0.3 is 19.9 Å². The molecule has 1 saturated carbocycles. The third-order valence-electron chi connectivity index (χ3n) is 5.43. The number of halogens is 1. The number of hydrogen-bond acceptors (Lipinski definition) is 4. The van der Waals surface area contributed by atoms with Crippen LogP contribution in [0.15, 0.2) is 23.8 Å². The van der Waals surface area contributed by atoms with Crippen molar-refractivity contribution in [3.05, 3.63) is 34.4 Å². The van der Waals surface area contributed by atoms with E-state index in [4.69, 9.17) is 21.1 Å². The Hall–Kier alpha value is -2.05. The summed E-state index contributed by atoms with van der Waals surface area (Å²) in [5.74, 6) is -0.882. The smallest absolute Gasteiger partial charge is 0.330 e. The van der Waals surface area contributed by atoms with Gasteiger partial charge in [0.2, 0.25) is 0 Å². The van der Waals surface area contributed by atoms with Crippen molar-refractivity contribution in [3.8, 4) is 5.75 Å². The van der Waals surface area contributed by atoms with E-state index in [9.17, 15) is 14.7 Å². The van der Waals surface area contributed by atoms with E-state index in [0.29, 0.717) is 28.5 Å². The molecule has 2 unspecified atom stereocenters. The highest BCUT2D eigenvalue weighted by Crippen LogP contribution is 2.51. The van der Waals surface area contributed by atoms with Crippen LogP contribution < -0.4 is 10.1 Å². The minimum Gasteiger partial charge on any atom is -0.488 e. The lowest BCUT2D eigenvalue weighted by Gasteiger charge is -2.58. The number of carbonyl (C=O) groups excluding carboxylic acids is 1. The predicted octanol–water partition coefficient (Wildman–Crippen LogP) is 2.89. The Bertz CT molecular complexity index is 788. The minimum absolute atomic E-state index is 0.0749. The minimum atomic E-state index is -1.38. The summed E-state index contributed by atoms with van der Waals surface area (Å²) in [6.45, 7) is 6.03. The van der Waals surface area contributed by atoms with E-state index in [1.54, 1.807) is 38.1 Å². The van der Waals surface area contributed by atoms with Gasteiger partial charge in [0.05, 0.1) is 11.7 Å². The average molecular weight is 380 g/mol. The predicted molar refractivity (Wildman–Crippen MR) is 97.2 cm³/mol. The monoisotopic (exact) mass is 379 g/mol. The molecule has 0 saturated heterocycles. The molecule has 1 aromatic carbocycles. The lowest BCUT2D eigenvalue weighted by atomic mass is 9.54. The number of carboxylic acids is 1. The quantitative estimate of drug-likeness (QED) is 0.821. The van der Waals surface area contributed by atoms with Gasteiger partial charge in [0.1, 0.15) is 17.9 Å². The topological polar surface area (TPSA) is 84.9 Å². The molecule has 3 rings (SSSR count). The lowest BCUT2D eigenvalue weighted by molar-refractivity contribution is -0.194. The molecule has 140 valence electrons. The summed E-state index contributed by atoms with van der Waals surface area (Å²) in [6, 6.07) is 5.15. The van der Waals surface area contributed by atoms with Crippen molar-refractivity contribution >= 4 is 29.6 Å². The Labute approximate surface area is 157 Å². The van der Waals surface area contributed by atoms with Gasteiger partial charge in [0, 0.05) is 29.0 Å². The zero-order chi connectivity index (χ0) is 19.1. The van der Waals surface area contributed by atoms with Crippen molar-refractivity contribution in [3.63, 3.8) is 0 Å². The molecular formula is C19H22ClNO5. The summed E-state index contributed by atoms with van der Waals surface area (Å²) in [4.78, 5) is 24.8. The molecule has 0 aromatic heterocycles. The molecule has 6 nitrogen and oxygen atoms in total. The fraction of sp³-hybridized carbons (Fsp3) is 0.474. The second kappa shape index (κ2) is 6.59. The van der Waals surface area contributed by atoms with Crippen molar-refractivity contribution in [2.75, 3.05) is 13.2 Å². The highest BCUT2D eigenvalue weighted by molar-refractivity contribution is 6.30. The molecule has 1 aliphatic heterocycles. The summed E-state index contributed by atoms with van der Waals surface area (Å²) < 4.78 is 11.2. The van der Waals surface area contributed by atoms with Crippen molar-refractivity contribution in [1.29, 1.82) is 0 Å². The molecule has 7 heteroatoms. The lowest BCUT2D eigenvalue weighted by Crippen LogP contribution is -2.76. The van der Waals surface area contributed by atoms with E-state index in [1.165, 1.54) is 0 Å². The van der Waals surface area contributed by atoms with Crippen LogP contribution in [-0.4, -0.2) is 41.8 Å². The molecule has 2 atom stereocenters. The zero-order valence-corrected chi connectivity index (χ0v) is 15.7. The number of carbonyl (C=O) groups is 2. The van der Waals surface area contributed by atoms with Gasteiger partial charge in [-0.05, 0) is 31.2 Å². The van der Waals surface area contributed by atoms with Crippen molar-refractivity contribution in [2.45, 2.75) is 38.8 Å². The Morgan fingerprint density at radius 2 is 2.15 bits per heavy atom. The van der Waals surface area contributed by atoms with Crippen LogP contribution in [0.25, 0.3) is 6.08 Å². The molecule has 0 bridgehead atoms. The first-order valence-electron chi connectivity index (χ1n) is 8.51. The molecule has 1 fully saturated rings. The molecule has 1 amide bonds. The van der Waals surface area contributed by atoms with Gasteiger partial charge in [-0.25, -0.2) is 4.79 Å². The molecule has 1 aromatic rings. The number of amides is 1. The number of carboxylic acid groups (broad SMARTS) is 1. The van der Waals surface area contributed by atoms with Crippen LogP contribution >= 0.6 is 11.6 Å². The molecule has 2 aliphatic rings. The number of rotatable bonds is 5. The Morgan fingerprint density at radius 1 is 1.42 bits per heavy atom. The first-order chi connectivity index (χ1) is 12.2. The first-order valence-corrected chi connectivity index (χ1v) is 8.89. The second-order valence-corrected chi connectivity index (χ2v) is 7.61. The summed E-state index contributed by atoms with van der Waals surface area (Å²) in [6.07, 6.45) is 1.69. The molecule has 2 N–H and O–H groups in total. The van der Waals surface area contributed by atoms with Gasteiger partial charge in [-0.3, -0.25) is 4.79 Å². The summed E-state index contributed by atoms with van der Waals surface area (Å²) >= 11 is 5.99. The van der Waals surface area contributed by atoms with Gasteiger partial charge in [-0.1, -0.05) is 25.4 Å². The van der Waals surface area contributed by atoms with E-state index in [2.05, 4.69) is 5.32 Å². The molecule has 1 aliphatic carbocycles. The Balaban J connectivity index is 1.84. The number of benzene rings is 1. The van der Waals surface area contributed by atoms with Crippen LogP contribution in [0.5, 0.6) is 5.75 Å². The van der Waals surface area contributed by atoms with Crippen molar-refractivity contribution in [1.82, 2.24) is 5.32 Å². The third-order valence-corrected chi connectivity index (χ3v) is 5.67. The van der Waals surface area contributed by atoms with E-state index in [-0.39, 0.29) is 19.1 Å². The number of hydrogen-bond donors (Lipinski definition) is 2. The van der Waals surface area contributed by atoms with Crippen LogP contribution in [0.2, 0.25) is 5.02 Å². The molecule has 26 heavy (non-hydrogen) atoms. The van der Waals surface area contributed by atoms with Crippen LogP contribution in [0.4, 0.5) is 0 Å². The second-order valence-electron chi connectivity index (χ2n) is 7.17. The fourth-order valence-corrected chi connectivity index (χ4v) is 3.77. The third kappa shape index (κ3) is 2.87. The summed E-state index contributed by atoms with van der Waals surface area (Å²) in [5, 5.41) is 13.1. The number of nitrogens with one attached hydrogen (secondary N) is 1. The number of fused-ring (bicyclic) bond motifs is 1. The molecule has 1 heterocycles. The zero-order valence-electron chi connectivity index (χ0n) is 15.0. The first kappa shape index (κ1) is 18.7. The van der Waals surface area contributed by atoms with Crippen LogP contribution in [-0.2, 0) is 14.3 Å². The maximum absolute atomic E-state index is 12.8. The van der Waals surface area contributed by atoms with E-state index in [1.807, 2.05) is 6.92 Å². The van der Waals surface area contributed by atoms with Gasteiger partial charge in [0.25, 0.3) is 5.91 Å². The highest BCUT2D eigenvalue weighted by atomic mass is 35.5. The van der Waals surface area contributed by atoms with Crippen molar-refractivity contribution < 1.29 is 24.2 Å². The van der Waals surface area contributed by atoms with Crippen LogP contribution in [0, 0.1) is 5.41 Å². The number of aliphatic carboxylic acids is 1. The normalized spacial score (nSPS) is 26.0. The fourth-order valence-electron chi connectivity index (χ4n) is 3.59. The summed E-state index contributed by atoms with van der Waals surface area (Å²) in [7, 11) is 0. The van der Waals surface area contributed by atoms with E-state index in [0.717, 1.165) is 0 Å². The van der Waals surface area contributed by atoms with E-state index < -0.39 is 22.8 Å². The molecule has 0 radical (unpaired) electrons. The van der Waals surface area contributed by atoms with E-state index >= 15 is 0 Å².